The molecule has 6 rings (SSSR count). The third kappa shape index (κ3) is 6.23. The number of hydrogen-bond donors (Lipinski definition) is 1. The van der Waals surface area contributed by atoms with E-state index in [4.69, 9.17) is 18.9 Å². The van der Waals surface area contributed by atoms with Crippen molar-refractivity contribution in [2.45, 2.75) is 50.8 Å². The zero-order chi connectivity index (χ0) is 32.4. The molecule has 46 heavy (non-hydrogen) atoms. The first-order valence-corrected chi connectivity index (χ1v) is 14.9. The largest absolute Gasteiger partial charge is 0.487 e. The van der Waals surface area contributed by atoms with Gasteiger partial charge >= 0.3 is 6.09 Å². The van der Waals surface area contributed by atoms with Crippen molar-refractivity contribution in [1.29, 1.82) is 0 Å². The molecule has 0 aliphatic carbocycles. The van der Waals surface area contributed by atoms with Crippen LogP contribution in [0.5, 0.6) is 17.2 Å². The first-order valence-electron chi connectivity index (χ1n) is 14.9. The maximum Gasteiger partial charge on any atom is 0.418 e. The van der Waals surface area contributed by atoms with Gasteiger partial charge in [0.2, 0.25) is 11.8 Å². The number of rotatable bonds is 7. The van der Waals surface area contributed by atoms with Crippen molar-refractivity contribution in [1.82, 2.24) is 10.2 Å². The summed E-state index contributed by atoms with van der Waals surface area (Å²) >= 11 is 0. The summed E-state index contributed by atoms with van der Waals surface area (Å²) in [6.07, 6.45) is 1.17. The summed E-state index contributed by atoms with van der Waals surface area (Å²) in [4.78, 5) is 54.5. The molecule has 3 heterocycles. The summed E-state index contributed by atoms with van der Waals surface area (Å²) in [7, 11) is 1.22. The number of halogens is 2. The Labute approximate surface area is 263 Å². The van der Waals surface area contributed by atoms with Crippen LogP contribution in [-0.4, -0.2) is 61.2 Å². The molecular formula is C33H31F2N3O8. The minimum Gasteiger partial charge on any atom is -0.487 e. The van der Waals surface area contributed by atoms with Gasteiger partial charge in [0.1, 0.15) is 23.6 Å². The number of methoxy groups -OCH3 is 1. The van der Waals surface area contributed by atoms with E-state index >= 15 is 0 Å². The number of nitrogens with zero attached hydrogens (tertiary/aromatic N) is 2. The standard InChI is InChI=1S/C33H31F2N3O8/c1-43-33(42)38(20-5-7-22(8-6-20)45-23-9-10-24(34)25(35)17-23)26-11-4-19-18-37(27-12-13-28(39)36-31(27)40)32(41)29(19)30(26)46-21-3-2-15-44-16-14-21/h4-11,17,21,27H,2-3,12-16,18H2,1H3,(H,36,39,40). The molecule has 11 nitrogen and oxygen atoms in total. The Morgan fingerprint density at radius 1 is 0.957 bits per heavy atom. The maximum atomic E-state index is 14.0. The third-order valence-electron chi connectivity index (χ3n) is 8.13. The third-order valence-corrected chi connectivity index (χ3v) is 8.13. The van der Waals surface area contributed by atoms with Gasteiger partial charge in [-0.05, 0) is 67.3 Å². The summed E-state index contributed by atoms with van der Waals surface area (Å²) in [5, 5.41) is 2.31. The van der Waals surface area contributed by atoms with Crippen LogP contribution in [0.15, 0.2) is 54.6 Å². The maximum absolute atomic E-state index is 14.0. The molecule has 3 aromatic rings. The van der Waals surface area contributed by atoms with Crippen molar-refractivity contribution in [3.05, 3.63) is 77.4 Å². The highest BCUT2D eigenvalue weighted by atomic mass is 19.2. The highest BCUT2D eigenvalue weighted by Crippen LogP contribution is 2.44. The molecule has 0 saturated carbocycles. The second kappa shape index (κ2) is 13.1. The Hall–Kier alpha value is -5.04. The number of benzene rings is 3. The van der Waals surface area contributed by atoms with E-state index in [9.17, 15) is 28.0 Å². The molecule has 13 heteroatoms. The van der Waals surface area contributed by atoms with Gasteiger partial charge in [-0.25, -0.2) is 18.5 Å². The fraction of sp³-hybridized carbons (Fsp3) is 0.333. The van der Waals surface area contributed by atoms with Crippen LogP contribution in [0.1, 0.15) is 48.0 Å². The number of ether oxygens (including phenoxy) is 4. The van der Waals surface area contributed by atoms with Crippen molar-refractivity contribution in [2.75, 3.05) is 25.2 Å². The molecule has 3 aromatic carbocycles. The lowest BCUT2D eigenvalue weighted by atomic mass is 10.0. The number of anilines is 2. The lowest BCUT2D eigenvalue weighted by Gasteiger charge is -2.29. The van der Waals surface area contributed by atoms with Crippen molar-refractivity contribution in [2.24, 2.45) is 0 Å². The number of piperidine rings is 1. The van der Waals surface area contributed by atoms with Gasteiger partial charge in [-0.15, -0.1) is 0 Å². The summed E-state index contributed by atoms with van der Waals surface area (Å²) < 4.78 is 50.0. The number of hydrogen-bond acceptors (Lipinski definition) is 8. The fourth-order valence-corrected chi connectivity index (χ4v) is 5.84. The van der Waals surface area contributed by atoms with Gasteiger partial charge in [-0.1, -0.05) is 6.07 Å². The molecule has 3 aliphatic rings. The molecule has 240 valence electrons. The zero-order valence-corrected chi connectivity index (χ0v) is 24.9. The minimum absolute atomic E-state index is 0.0808. The summed E-state index contributed by atoms with van der Waals surface area (Å²) in [5.74, 6) is -2.90. The van der Waals surface area contributed by atoms with Crippen molar-refractivity contribution in [3.8, 4) is 17.2 Å². The Bertz CT molecular complexity index is 1670. The first kappa shape index (κ1) is 31.0. The molecular weight excluding hydrogens is 604 g/mol. The molecule has 2 atom stereocenters. The highest BCUT2D eigenvalue weighted by molar-refractivity contribution is 6.09. The topological polar surface area (TPSA) is 124 Å². The zero-order valence-electron chi connectivity index (χ0n) is 24.9. The van der Waals surface area contributed by atoms with Crippen LogP contribution >= 0.6 is 0 Å². The van der Waals surface area contributed by atoms with Crippen LogP contribution in [0.25, 0.3) is 0 Å². The minimum atomic E-state index is -1.05. The quantitative estimate of drug-likeness (QED) is 0.344. The van der Waals surface area contributed by atoms with Crippen LogP contribution in [0.4, 0.5) is 25.0 Å². The van der Waals surface area contributed by atoms with Gasteiger partial charge in [0.05, 0.1) is 30.7 Å². The van der Waals surface area contributed by atoms with E-state index in [1.807, 2.05) is 0 Å². The molecule has 2 fully saturated rings. The number of imide groups is 1. The monoisotopic (exact) mass is 635 g/mol. The van der Waals surface area contributed by atoms with Gasteiger partial charge in [-0.3, -0.25) is 19.7 Å². The normalized spacial score (nSPS) is 19.6. The van der Waals surface area contributed by atoms with E-state index in [1.54, 1.807) is 36.4 Å². The van der Waals surface area contributed by atoms with Crippen molar-refractivity contribution >= 4 is 35.2 Å². The van der Waals surface area contributed by atoms with Gasteiger partial charge in [0, 0.05) is 32.1 Å². The van der Waals surface area contributed by atoms with E-state index in [0.717, 1.165) is 18.6 Å². The predicted molar refractivity (Wildman–Crippen MR) is 159 cm³/mol. The summed E-state index contributed by atoms with van der Waals surface area (Å²) in [6.45, 7) is 1.17. The summed E-state index contributed by atoms with van der Waals surface area (Å²) in [5.41, 5.74) is 1.41. The Morgan fingerprint density at radius 3 is 2.48 bits per heavy atom. The predicted octanol–water partition coefficient (Wildman–Crippen LogP) is 5.37. The second-order valence-electron chi connectivity index (χ2n) is 11.1. The Balaban J connectivity index is 1.37. The smallest absolute Gasteiger partial charge is 0.418 e. The average molecular weight is 636 g/mol. The van der Waals surface area contributed by atoms with E-state index in [2.05, 4.69) is 5.32 Å². The van der Waals surface area contributed by atoms with E-state index in [-0.39, 0.29) is 54.1 Å². The number of fused-ring (bicyclic) bond motifs is 1. The number of carbonyl (C=O) groups is 4. The molecule has 0 radical (unpaired) electrons. The molecule has 1 N–H and O–H groups in total. The van der Waals surface area contributed by atoms with Crippen LogP contribution in [-0.2, 0) is 25.6 Å². The molecule has 2 unspecified atom stereocenters. The molecule has 4 amide bonds. The van der Waals surface area contributed by atoms with Crippen molar-refractivity contribution < 1.29 is 46.9 Å². The first-order chi connectivity index (χ1) is 22.2. The second-order valence-corrected chi connectivity index (χ2v) is 11.1. The van der Waals surface area contributed by atoms with E-state index < -0.39 is 35.6 Å². The van der Waals surface area contributed by atoms with Crippen LogP contribution in [0.2, 0.25) is 0 Å². The van der Waals surface area contributed by atoms with E-state index in [0.29, 0.717) is 43.1 Å². The van der Waals surface area contributed by atoms with Crippen molar-refractivity contribution in [3.63, 3.8) is 0 Å². The Kier molecular flexibility index (Phi) is 8.84. The molecule has 0 aromatic heterocycles. The van der Waals surface area contributed by atoms with Gasteiger partial charge < -0.3 is 23.8 Å². The van der Waals surface area contributed by atoms with Gasteiger partial charge in [0.25, 0.3) is 5.91 Å². The van der Waals surface area contributed by atoms with Gasteiger partial charge in [0.15, 0.2) is 17.4 Å². The molecule has 0 spiro atoms. The van der Waals surface area contributed by atoms with Gasteiger partial charge in [-0.2, -0.15) is 0 Å². The molecule has 2 saturated heterocycles. The van der Waals surface area contributed by atoms with Crippen LogP contribution < -0.4 is 19.7 Å². The summed E-state index contributed by atoms with van der Waals surface area (Å²) in [6, 6.07) is 11.9. The highest BCUT2D eigenvalue weighted by Gasteiger charge is 2.42. The van der Waals surface area contributed by atoms with Crippen LogP contribution in [0, 0.1) is 11.6 Å². The van der Waals surface area contributed by atoms with E-state index in [1.165, 1.54) is 23.0 Å². The number of amides is 4. The van der Waals surface area contributed by atoms with Crippen LogP contribution in [0.3, 0.4) is 0 Å². The lowest BCUT2D eigenvalue weighted by molar-refractivity contribution is -0.136. The molecule has 3 aliphatic heterocycles. The Morgan fingerprint density at radius 2 is 1.74 bits per heavy atom. The number of carbonyl (C=O) groups excluding carboxylic acids is 4. The average Bonchev–Trinajstić information content (AvgIpc) is 3.19. The fourth-order valence-electron chi connectivity index (χ4n) is 5.84. The lowest BCUT2D eigenvalue weighted by Crippen LogP contribution is -2.52. The SMILES string of the molecule is COC(=O)N(c1ccc(Oc2ccc(F)c(F)c2)cc1)c1ccc2c(c1OC1CCCOCC1)C(=O)N(C1CCC(=O)NC1=O)C2. The molecule has 0 bridgehead atoms. The number of nitrogens with one attached hydrogen (secondary N) is 1.